The molecule has 24 heavy (non-hydrogen) atoms. The molecule has 0 radical (unpaired) electrons. The van der Waals surface area contributed by atoms with Crippen LogP contribution in [0.4, 0.5) is 5.69 Å². The van der Waals surface area contributed by atoms with Crippen molar-refractivity contribution in [3.8, 4) is 0 Å². The topological polar surface area (TPSA) is 91.0 Å². The first-order chi connectivity index (χ1) is 11.1. The lowest BCUT2D eigenvalue weighted by atomic mass is 9.77. The summed E-state index contributed by atoms with van der Waals surface area (Å²) in [5.74, 6) is -0.453. The number of hydrogen-bond acceptors (Lipinski definition) is 6. The van der Waals surface area contributed by atoms with Crippen LogP contribution in [0.1, 0.15) is 43.6 Å². The first kappa shape index (κ1) is 18.5. The number of rotatable bonds is 4. The molecule has 0 saturated carbocycles. The van der Waals surface area contributed by atoms with Crippen molar-refractivity contribution in [2.24, 2.45) is 0 Å². The third-order valence-electron chi connectivity index (χ3n) is 4.59. The molecule has 1 aliphatic heterocycles. The van der Waals surface area contributed by atoms with E-state index >= 15 is 0 Å². The minimum atomic E-state index is -0.653. The van der Waals surface area contributed by atoms with E-state index in [1.54, 1.807) is 18.2 Å². The molecule has 6 nitrogen and oxygen atoms in total. The minimum Gasteiger partial charge on any atom is -0.465 e. The van der Waals surface area contributed by atoms with Gasteiger partial charge in [-0.3, -0.25) is 0 Å². The lowest BCUT2D eigenvalue weighted by Gasteiger charge is -2.32. The predicted molar refractivity (Wildman–Crippen MR) is 93.3 cm³/mol. The van der Waals surface area contributed by atoms with E-state index in [2.05, 4.69) is 4.74 Å². The molecule has 1 saturated heterocycles. The highest BCUT2D eigenvalue weighted by Crippen LogP contribution is 2.38. The van der Waals surface area contributed by atoms with E-state index in [0.717, 1.165) is 0 Å². The molecule has 1 fully saturated rings. The van der Waals surface area contributed by atoms with Crippen LogP contribution in [0.25, 0.3) is 6.08 Å². The van der Waals surface area contributed by atoms with Gasteiger partial charge in [0.15, 0.2) is 0 Å². The van der Waals surface area contributed by atoms with Crippen molar-refractivity contribution < 1.29 is 23.9 Å². The number of ether oxygens (including phenoxy) is 1. The van der Waals surface area contributed by atoms with Crippen LogP contribution in [-0.4, -0.2) is 43.1 Å². The van der Waals surface area contributed by atoms with Gasteiger partial charge in [0.05, 0.1) is 30.5 Å². The highest BCUT2D eigenvalue weighted by Gasteiger charge is 2.52. The van der Waals surface area contributed by atoms with E-state index in [0.29, 0.717) is 22.3 Å². The number of anilines is 1. The van der Waals surface area contributed by atoms with Gasteiger partial charge in [0, 0.05) is 5.69 Å². The number of nitrogen functional groups attached to an aromatic ring is 1. The molecule has 1 aromatic carbocycles. The van der Waals surface area contributed by atoms with Crippen molar-refractivity contribution in [2.45, 2.75) is 38.9 Å². The molecule has 0 aromatic heterocycles. The number of nitrogens with two attached hydrogens (primary N) is 1. The second kappa shape index (κ2) is 6.59. The average Bonchev–Trinajstić information content (AvgIpc) is 2.73. The van der Waals surface area contributed by atoms with Crippen LogP contribution in [0.2, 0.25) is 0 Å². The van der Waals surface area contributed by atoms with E-state index in [1.807, 2.05) is 27.7 Å². The van der Waals surface area contributed by atoms with Crippen LogP contribution >= 0.6 is 0 Å². The minimum absolute atomic E-state index is 0.227. The highest BCUT2D eigenvalue weighted by atomic mass is 16.7. The lowest BCUT2D eigenvalue weighted by molar-refractivity contribution is 0.00578. The molecule has 3 N–H and O–H groups in total. The summed E-state index contributed by atoms with van der Waals surface area (Å²) in [5.41, 5.74) is 7.02. The van der Waals surface area contributed by atoms with Crippen LogP contribution in [0, 0.1) is 0 Å². The Morgan fingerprint density at radius 2 is 1.88 bits per heavy atom. The van der Waals surface area contributed by atoms with E-state index in [1.165, 1.54) is 13.2 Å². The van der Waals surface area contributed by atoms with Gasteiger partial charge in [-0.1, -0.05) is 12.1 Å². The molecule has 0 bridgehead atoms. The number of benzene rings is 1. The van der Waals surface area contributed by atoms with Crippen molar-refractivity contribution in [2.75, 3.05) is 19.5 Å². The van der Waals surface area contributed by atoms with E-state index in [9.17, 15) is 9.90 Å². The molecule has 1 heterocycles. The Labute approximate surface area is 142 Å². The molecule has 2 rings (SSSR count). The molecule has 0 atom stereocenters. The molecule has 1 aromatic rings. The van der Waals surface area contributed by atoms with Crippen LogP contribution in [0.5, 0.6) is 0 Å². The van der Waals surface area contributed by atoms with Gasteiger partial charge >= 0.3 is 13.1 Å². The number of hydrogen-bond donors (Lipinski definition) is 2. The van der Waals surface area contributed by atoms with Crippen molar-refractivity contribution in [1.82, 2.24) is 0 Å². The van der Waals surface area contributed by atoms with Gasteiger partial charge in [0.1, 0.15) is 0 Å². The largest absolute Gasteiger partial charge is 0.492 e. The normalized spacial score (nSPS) is 19.4. The Bertz CT molecular complexity index is 653. The average molecular weight is 333 g/mol. The monoisotopic (exact) mass is 333 g/mol. The van der Waals surface area contributed by atoms with Crippen molar-refractivity contribution >= 4 is 24.9 Å². The quantitative estimate of drug-likeness (QED) is 0.498. The molecule has 130 valence electrons. The van der Waals surface area contributed by atoms with E-state index in [4.69, 9.17) is 15.0 Å². The van der Waals surface area contributed by atoms with Gasteiger partial charge in [-0.05, 0) is 50.9 Å². The second-order valence-corrected chi connectivity index (χ2v) is 6.80. The van der Waals surface area contributed by atoms with Gasteiger partial charge in [-0.25, -0.2) is 4.79 Å². The summed E-state index contributed by atoms with van der Waals surface area (Å²) >= 11 is 0. The van der Waals surface area contributed by atoms with Gasteiger partial charge in [-0.2, -0.15) is 0 Å². The molecule has 0 aliphatic carbocycles. The maximum atomic E-state index is 11.5. The third-order valence-corrected chi connectivity index (χ3v) is 4.59. The fourth-order valence-electron chi connectivity index (χ4n) is 2.33. The zero-order valence-electron chi connectivity index (χ0n) is 14.8. The molecule has 7 heteroatoms. The van der Waals surface area contributed by atoms with Gasteiger partial charge in [0.2, 0.25) is 0 Å². The number of carbonyl (C=O) groups excluding carboxylic acids is 1. The van der Waals surface area contributed by atoms with Gasteiger partial charge < -0.3 is 24.9 Å². The van der Waals surface area contributed by atoms with E-state index < -0.39 is 24.3 Å². The summed E-state index contributed by atoms with van der Waals surface area (Å²) in [5, 5.41) is 9.72. The molecule has 1 aliphatic rings. The summed E-state index contributed by atoms with van der Waals surface area (Å²) in [6, 6.07) is 4.85. The fraction of sp³-hybridized carbons (Fsp3) is 0.471. The molecule has 0 spiro atoms. The smallest absolute Gasteiger partial charge is 0.465 e. The Kier molecular flexibility index (Phi) is 5.08. The third kappa shape index (κ3) is 3.48. The number of aliphatic hydroxyl groups excluding tert-OH is 1. The fourth-order valence-corrected chi connectivity index (χ4v) is 2.33. The van der Waals surface area contributed by atoms with Gasteiger partial charge in [0.25, 0.3) is 0 Å². The summed E-state index contributed by atoms with van der Waals surface area (Å²) in [6.07, 6.45) is 1.72. The molecular formula is C17H24BNO5. The van der Waals surface area contributed by atoms with Crippen molar-refractivity contribution in [3.05, 3.63) is 34.8 Å². The molecule has 0 amide bonds. The zero-order valence-corrected chi connectivity index (χ0v) is 14.8. The molecule has 0 unspecified atom stereocenters. The first-order valence-corrected chi connectivity index (χ1v) is 7.76. The number of esters is 1. The summed E-state index contributed by atoms with van der Waals surface area (Å²) in [6.45, 7) is 7.56. The van der Waals surface area contributed by atoms with Crippen LogP contribution in [-0.2, 0) is 14.0 Å². The number of carbonyl (C=O) groups is 1. The SMILES string of the molecule is COC(=O)c1ccc(C=C(CO)B2OC(C)(C)C(C)(C)O2)c(N)c1. The van der Waals surface area contributed by atoms with Crippen LogP contribution in [0.15, 0.2) is 23.7 Å². The summed E-state index contributed by atoms with van der Waals surface area (Å²) < 4.78 is 16.6. The second-order valence-electron chi connectivity index (χ2n) is 6.80. The molecular weight excluding hydrogens is 309 g/mol. The maximum absolute atomic E-state index is 11.5. The Balaban J connectivity index is 2.30. The number of methoxy groups -OCH3 is 1. The lowest BCUT2D eigenvalue weighted by Crippen LogP contribution is -2.41. The van der Waals surface area contributed by atoms with Crippen molar-refractivity contribution in [3.63, 3.8) is 0 Å². The first-order valence-electron chi connectivity index (χ1n) is 7.76. The predicted octanol–water partition coefficient (Wildman–Crippen LogP) is 2.06. The Morgan fingerprint density at radius 1 is 1.29 bits per heavy atom. The summed E-state index contributed by atoms with van der Waals surface area (Å²) in [4.78, 5) is 11.5. The van der Waals surface area contributed by atoms with Gasteiger partial charge in [-0.15, -0.1) is 0 Å². The summed E-state index contributed by atoms with van der Waals surface area (Å²) in [7, 11) is 0.661. The Hall–Kier alpha value is -1.83. The maximum Gasteiger partial charge on any atom is 0.492 e. The van der Waals surface area contributed by atoms with Crippen molar-refractivity contribution in [1.29, 1.82) is 0 Å². The van der Waals surface area contributed by atoms with Crippen LogP contribution < -0.4 is 5.73 Å². The van der Waals surface area contributed by atoms with Crippen LogP contribution in [0.3, 0.4) is 0 Å². The Morgan fingerprint density at radius 3 is 2.33 bits per heavy atom. The highest BCUT2D eigenvalue weighted by molar-refractivity contribution is 6.55. The number of aliphatic hydroxyl groups is 1. The van der Waals surface area contributed by atoms with E-state index in [-0.39, 0.29) is 6.61 Å². The zero-order chi connectivity index (χ0) is 18.1. The standard InChI is InChI=1S/C17H24BNO5/c1-16(2)17(3,4)24-18(23-16)13(10-20)8-11-6-7-12(9-14(11)19)15(21)22-5/h6-9,20H,10,19H2,1-5H3.